The van der Waals surface area contributed by atoms with Crippen LogP contribution in [0.25, 0.3) is 0 Å². The van der Waals surface area contributed by atoms with Gasteiger partial charge in [0.1, 0.15) is 0 Å². The standard InChI is InChI=1S/C9H13NO/c11-9-6-3-5-8-4-1-2-7-10(8)9/h2,7-8H,1,3-6H2. The minimum absolute atomic E-state index is 0.317. The van der Waals surface area contributed by atoms with Gasteiger partial charge in [-0.15, -0.1) is 0 Å². The summed E-state index contributed by atoms with van der Waals surface area (Å²) in [5.74, 6) is 0.317. The van der Waals surface area contributed by atoms with Gasteiger partial charge in [0.25, 0.3) is 0 Å². The number of amides is 1. The van der Waals surface area contributed by atoms with Gasteiger partial charge in [0.2, 0.25) is 5.91 Å². The number of hydrogen-bond donors (Lipinski definition) is 0. The molecule has 2 aliphatic heterocycles. The highest BCUT2D eigenvalue weighted by molar-refractivity contribution is 5.78. The van der Waals surface area contributed by atoms with Gasteiger partial charge in [0.15, 0.2) is 0 Å². The van der Waals surface area contributed by atoms with Crippen molar-refractivity contribution in [3.63, 3.8) is 0 Å². The summed E-state index contributed by atoms with van der Waals surface area (Å²) < 4.78 is 0. The van der Waals surface area contributed by atoms with Gasteiger partial charge in [-0.05, 0) is 25.7 Å². The molecule has 0 aliphatic carbocycles. The lowest BCUT2D eigenvalue weighted by Crippen LogP contribution is -2.41. The summed E-state index contributed by atoms with van der Waals surface area (Å²) in [5, 5.41) is 0. The lowest BCUT2D eigenvalue weighted by Gasteiger charge is -2.35. The fourth-order valence-electron chi connectivity index (χ4n) is 1.93. The first kappa shape index (κ1) is 6.89. The molecule has 2 heteroatoms. The lowest BCUT2D eigenvalue weighted by atomic mass is 9.96. The van der Waals surface area contributed by atoms with Crippen LogP contribution < -0.4 is 0 Å². The summed E-state index contributed by atoms with van der Waals surface area (Å²) in [4.78, 5) is 13.2. The molecule has 1 saturated heterocycles. The van der Waals surface area contributed by atoms with Gasteiger partial charge in [-0.25, -0.2) is 0 Å². The van der Waals surface area contributed by atoms with E-state index < -0.39 is 0 Å². The summed E-state index contributed by atoms with van der Waals surface area (Å²) in [6.45, 7) is 0. The minimum atomic E-state index is 0.317. The molecule has 0 aromatic carbocycles. The SMILES string of the molecule is O=C1CCCC2CCC=CN12. The molecular formula is C9H13NO. The number of allylic oxidation sites excluding steroid dienone is 1. The fraction of sp³-hybridized carbons (Fsp3) is 0.667. The van der Waals surface area contributed by atoms with Crippen LogP contribution in [0.3, 0.4) is 0 Å². The van der Waals surface area contributed by atoms with Crippen LogP contribution in [0, 0.1) is 0 Å². The third kappa shape index (κ3) is 1.17. The molecule has 0 N–H and O–H groups in total. The predicted molar refractivity (Wildman–Crippen MR) is 42.9 cm³/mol. The summed E-state index contributed by atoms with van der Waals surface area (Å²) in [6, 6.07) is 0.529. The maximum atomic E-state index is 11.3. The predicted octanol–water partition coefficient (Wildman–Crippen LogP) is 1.68. The van der Waals surface area contributed by atoms with Crippen molar-refractivity contribution < 1.29 is 4.79 Å². The molecule has 0 radical (unpaired) electrons. The zero-order chi connectivity index (χ0) is 7.68. The summed E-state index contributed by atoms with van der Waals surface area (Å²) >= 11 is 0. The van der Waals surface area contributed by atoms with Crippen LogP contribution in [0.5, 0.6) is 0 Å². The third-order valence-corrected chi connectivity index (χ3v) is 2.54. The number of piperidine rings is 1. The van der Waals surface area contributed by atoms with Gasteiger partial charge in [0.05, 0.1) is 0 Å². The van der Waals surface area contributed by atoms with E-state index >= 15 is 0 Å². The van der Waals surface area contributed by atoms with Gasteiger partial charge in [-0.3, -0.25) is 4.79 Å². The maximum Gasteiger partial charge on any atom is 0.226 e. The molecule has 0 spiro atoms. The van der Waals surface area contributed by atoms with Crippen LogP contribution in [0.2, 0.25) is 0 Å². The van der Waals surface area contributed by atoms with Gasteiger partial charge in [-0.1, -0.05) is 6.08 Å². The normalized spacial score (nSPS) is 30.4. The van der Waals surface area contributed by atoms with Gasteiger partial charge in [0, 0.05) is 18.7 Å². The zero-order valence-electron chi connectivity index (χ0n) is 6.62. The van der Waals surface area contributed by atoms with E-state index in [2.05, 4.69) is 6.08 Å². The van der Waals surface area contributed by atoms with Crippen molar-refractivity contribution in [1.29, 1.82) is 0 Å². The Balaban J connectivity index is 2.16. The first-order chi connectivity index (χ1) is 5.38. The molecular weight excluding hydrogens is 138 g/mol. The molecule has 11 heavy (non-hydrogen) atoms. The molecule has 2 heterocycles. The molecule has 2 aliphatic rings. The van der Waals surface area contributed by atoms with E-state index in [1.54, 1.807) is 0 Å². The van der Waals surface area contributed by atoms with Gasteiger partial charge in [-0.2, -0.15) is 0 Å². The highest BCUT2D eigenvalue weighted by Gasteiger charge is 2.27. The minimum Gasteiger partial charge on any atom is -0.316 e. The fourth-order valence-corrected chi connectivity index (χ4v) is 1.93. The van der Waals surface area contributed by atoms with Crippen LogP contribution in [0.4, 0.5) is 0 Å². The van der Waals surface area contributed by atoms with Crippen LogP contribution in [-0.2, 0) is 4.79 Å². The van der Waals surface area contributed by atoms with Gasteiger partial charge >= 0.3 is 0 Å². The molecule has 1 amide bonds. The largest absolute Gasteiger partial charge is 0.316 e. The number of fused-ring (bicyclic) bond motifs is 1. The molecule has 0 bridgehead atoms. The van der Waals surface area contributed by atoms with Crippen LogP contribution in [0.15, 0.2) is 12.3 Å². The zero-order valence-corrected chi connectivity index (χ0v) is 6.62. The van der Waals surface area contributed by atoms with Crippen LogP contribution >= 0.6 is 0 Å². The number of rotatable bonds is 0. The molecule has 1 unspecified atom stereocenters. The molecule has 0 aromatic rings. The Morgan fingerprint density at radius 3 is 3.18 bits per heavy atom. The van der Waals surface area contributed by atoms with E-state index in [4.69, 9.17) is 0 Å². The molecule has 2 rings (SSSR count). The van der Waals surface area contributed by atoms with E-state index in [1.807, 2.05) is 11.1 Å². The van der Waals surface area contributed by atoms with E-state index in [1.165, 1.54) is 12.8 Å². The van der Waals surface area contributed by atoms with Crippen molar-refractivity contribution in [3.8, 4) is 0 Å². The Morgan fingerprint density at radius 1 is 1.45 bits per heavy atom. The molecule has 2 nitrogen and oxygen atoms in total. The molecule has 0 aromatic heterocycles. The lowest BCUT2D eigenvalue weighted by molar-refractivity contribution is -0.133. The Hall–Kier alpha value is -0.790. The van der Waals surface area contributed by atoms with E-state index in [0.717, 1.165) is 19.3 Å². The Labute approximate surface area is 66.9 Å². The van der Waals surface area contributed by atoms with E-state index in [-0.39, 0.29) is 0 Å². The smallest absolute Gasteiger partial charge is 0.226 e. The average Bonchev–Trinajstić information content (AvgIpc) is 2.06. The molecule has 1 fully saturated rings. The number of carbonyl (C=O) groups excluding carboxylic acids is 1. The maximum absolute atomic E-state index is 11.3. The quantitative estimate of drug-likeness (QED) is 0.515. The van der Waals surface area contributed by atoms with Crippen molar-refractivity contribution in [2.24, 2.45) is 0 Å². The van der Waals surface area contributed by atoms with Crippen LogP contribution in [-0.4, -0.2) is 16.8 Å². The molecule has 0 saturated carbocycles. The second kappa shape index (κ2) is 2.68. The monoisotopic (exact) mass is 151 g/mol. The van der Waals surface area contributed by atoms with Crippen molar-refractivity contribution in [2.75, 3.05) is 0 Å². The van der Waals surface area contributed by atoms with Crippen molar-refractivity contribution in [3.05, 3.63) is 12.3 Å². The first-order valence-corrected chi connectivity index (χ1v) is 4.36. The van der Waals surface area contributed by atoms with Crippen LogP contribution in [0.1, 0.15) is 32.1 Å². The number of nitrogens with zero attached hydrogens (tertiary/aromatic N) is 1. The number of carbonyl (C=O) groups is 1. The third-order valence-electron chi connectivity index (χ3n) is 2.54. The van der Waals surface area contributed by atoms with E-state index in [9.17, 15) is 4.79 Å². The Morgan fingerprint density at radius 2 is 2.36 bits per heavy atom. The average molecular weight is 151 g/mol. The summed E-state index contributed by atoms with van der Waals surface area (Å²) in [7, 11) is 0. The molecule has 1 atom stereocenters. The second-order valence-corrected chi connectivity index (χ2v) is 3.31. The number of hydrogen-bond acceptors (Lipinski definition) is 1. The Bertz CT molecular complexity index is 198. The summed E-state index contributed by atoms with van der Waals surface area (Å²) in [6.07, 6.45) is 9.43. The highest BCUT2D eigenvalue weighted by atomic mass is 16.2. The van der Waals surface area contributed by atoms with Crippen molar-refractivity contribution in [2.45, 2.75) is 38.1 Å². The van der Waals surface area contributed by atoms with Gasteiger partial charge < -0.3 is 4.90 Å². The Kier molecular flexibility index (Phi) is 1.68. The molecule has 60 valence electrons. The highest BCUT2D eigenvalue weighted by Crippen LogP contribution is 2.25. The van der Waals surface area contributed by atoms with E-state index in [0.29, 0.717) is 11.9 Å². The topological polar surface area (TPSA) is 20.3 Å². The first-order valence-electron chi connectivity index (χ1n) is 4.36. The van der Waals surface area contributed by atoms with Crippen molar-refractivity contribution in [1.82, 2.24) is 4.90 Å². The van der Waals surface area contributed by atoms with Crippen molar-refractivity contribution >= 4 is 5.91 Å². The second-order valence-electron chi connectivity index (χ2n) is 3.31. The summed E-state index contributed by atoms with van der Waals surface area (Å²) in [5.41, 5.74) is 0.